The van der Waals surface area contributed by atoms with Crippen LogP contribution in [-0.2, 0) is 13.0 Å². The number of carbonyl (C=O) groups is 1. The van der Waals surface area contributed by atoms with Gasteiger partial charge in [-0.2, -0.15) is 0 Å². The average Bonchev–Trinajstić information content (AvgIpc) is 3.39. The highest BCUT2D eigenvalue weighted by molar-refractivity contribution is 7.15. The number of aryl methyl sites for hydroxylation is 1. The lowest BCUT2D eigenvalue weighted by molar-refractivity contribution is 0.0735. The Morgan fingerprint density at radius 2 is 1.89 bits per heavy atom. The van der Waals surface area contributed by atoms with Crippen molar-refractivity contribution in [1.82, 2.24) is 14.5 Å². The van der Waals surface area contributed by atoms with Crippen LogP contribution in [0.15, 0.2) is 48.8 Å². The topological polar surface area (TPSA) is 41.0 Å². The quantitative estimate of drug-likeness (QED) is 0.535. The fraction of sp³-hybridized carbons (Fsp3) is 0.227. The van der Waals surface area contributed by atoms with Crippen molar-refractivity contribution >= 4 is 28.1 Å². The van der Waals surface area contributed by atoms with Gasteiger partial charge in [-0.15, -0.1) is 11.3 Å². The monoisotopic (exact) mass is 375 g/mol. The van der Waals surface area contributed by atoms with Crippen LogP contribution in [0.5, 0.6) is 0 Å². The first kappa shape index (κ1) is 16.4. The van der Waals surface area contributed by atoms with Crippen molar-refractivity contribution in [3.8, 4) is 5.00 Å². The van der Waals surface area contributed by atoms with E-state index in [0.717, 1.165) is 34.6 Å². The fourth-order valence-electron chi connectivity index (χ4n) is 4.01. The van der Waals surface area contributed by atoms with Crippen LogP contribution in [0.4, 0.5) is 0 Å². The molecule has 4 nitrogen and oxygen atoms in total. The van der Waals surface area contributed by atoms with Gasteiger partial charge in [0.25, 0.3) is 5.91 Å². The molecular formula is C22H21N3OS. The number of fused-ring (bicyclic) bond motifs is 3. The first-order chi connectivity index (χ1) is 13.1. The Kier molecular flexibility index (Phi) is 3.72. The number of H-pyrrole nitrogens is 1. The second-order valence-electron chi connectivity index (χ2n) is 7.16. The van der Waals surface area contributed by atoms with E-state index in [1.54, 1.807) is 11.3 Å². The molecule has 0 unspecified atom stereocenters. The first-order valence-corrected chi connectivity index (χ1v) is 10.1. The van der Waals surface area contributed by atoms with Crippen LogP contribution in [0.3, 0.4) is 0 Å². The third-order valence-electron chi connectivity index (χ3n) is 5.59. The summed E-state index contributed by atoms with van der Waals surface area (Å²) < 4.78 is 2.05. The summed E-state index contributed by atoms with van der Waals surface area (Å²) in [5, 5.41) is 2.25. The maximum atomic E-state index is 13.5. The molecule has 5 rings (SSSR count). The molecule has 136 valence electrons. The van der Waals surface area contributed by atoms with Crippen LogP contribution in [0.25, 0.3) is 15.9 Å². The number of thiophene rings is 1. The summed E-state index contributed by atoms with van der Waals surface area (Å²) in [4.78, 5) is 20.3. The molecule has 27 heavy (non-hydrogen) atoms. The van der Waals surface area contributed by atoms with Crippen molar-refractivity contribution < 1.29 is 4.79 Å². The van der Waals surface area contributed by atoms with E-state index in [1.807, 2.05) is 35.5 Å². The Morgan fingerprint density at radius 3 is 2.70 bits per heavy atom. The number of rotatable bonds is 2. The van der Waals surface area contributed by atoms with Crippen molar-refractivity contribution in [1.29, 1.82) is 0 Å². The van der Waals surface area contributed by atoms with Crippen LogP contribution >= 0.6 is 11.3 Å². The average molecular weight is 375 g/mol. The molecule has 0 aliphatic carbocycles. The lowest BCUT2D eigenvalue weighted by Gasteiger charge is -2.28. The zero-order valence-electron chi connectivity index (χ0n) is 15.5. The number of hydrogen-bond donors (Lipinski definition) is 1. The number of amides is 1. The molecule has 5 heteroatoms. The number of nitrogens with one attached hydrogen (secondary N) is 1. The van der Waals surface area contributed by atoms with Crippen molar-refractivity contribution in [3.63, 3.8) is 0 Å². The van der Waals surface area contributed by atoms with Gasteiger partial charge in [-0.3, -0.25) is 4.79 Å². The standard InChI is InChI=1S/C22H21N3OS/c1-14-15(2)27-22(24-10-5-6-11-24)20(14)21(26)25-12-9-19-17(13-25)16-7-3-4-8-18(16)23-19/h3-8,10-11,23H,9,12-13H2,1-2H3. The fourth-order valence-corrected chi connectivity index (χ4v) is 5.13. The number of benzene rings is 1. The van der Waals surface area contributed by atoms with E-state index in [4.69, 9.17) is 0 Å². The van der Waals surface area contributed by atoms with Crippen molar-refractivity contribution in [2.45, 2.75) is 26.8 Å². The van der Waals surface area contributed by atoms with Crippen LogP contribution in [0.1, 0.15) is 32.1 Å². The van der Waals surface area contributed by atoms with Crippen molar-refractivity contribution in [3.05, 3.63) is 76.1 Å². The third kappa shape index (κ3) is 2.53. The van der Waals surface area contributed by atoms with Gasteiger partial charge in [-0.05, 0) is 37.6 Å². The van der Waals surface area contributed by atoms with Gasteiger partial charge in [-0.25, -0.2) is 0 Å². The Labute approximate surface area is 162 Å². The number of carbonyl (C=O) groups excluding carboxylic acids is 1. The highest BCUT2D eigenvalue weighted by Gasteiger charge is 2.29. The molecular weight excluding hydrogens is 354 g/mol. The van der Waals surface area contributed by atoms with E-state index in [0.29, 0.717) is 6.54 Å². The smallest absolute Gasteiger partial charge is 0.257 e. The lowest BCUT2D eigenvalue weighted by atomic mass is 10.0. The van der Waals surface area contributed by atoms with Crippen LogP contribution in [0.2, 0.25) is 0 Å². The molecule has 0 fully saturated rings. The van der Waals surface area contributed by atoms with E-state index in [-0.39, 0.29) is 5.91 Å². The number of aromatic nitrogens is 2. The van der Waals surface area contributed by atoms with Gasteiger partial charge in [0.15, 0.2) is 0 Å². The summed E-state index contributed by atoms with van der Waals surface area (Å²) in [6.07, 6.45) is 4.89. The number of nitrogens with zero attached hydrogens (tertiary/aromatic N) is 2. The highest BCUT2D eigenvalue weighted by atomic mass is 32.1. The van der Waals surface area contributed by atoms with Gasteiger partial charge < -0.3 is 14.5 Å². The van der Waals surface area contributed by atoms with E-state index in [9.17, 15) is 4.79 Å². The summed E-state index contributed by atoms with van der Waals surface area (Å²) in [6.45, 7) is 5.57. The van der Waals surface area contributed by atoms with Crippen LogP contribution in [-0.4, -0.2) is 26.9 Å². The zero-order chi connectivity index (χ0) is 18.5. The number of para-hydroxylation sites is 1. The Morgan fingerprint density at radius 1 is 1.11 bits per heavy atom. The summed E-state index contributed by atoms with van der Waals surface area (Å²) >= 11 is 1.69. The minimum atomic E-state index is 0.136. The summed E-state index contributed by atoms with van der Waals surface area (Å²) in [6, 6.07) is 12.4. The normalized spacial score (nSPS) is 13.9. The Balaban J connectivity index is 1.54. The summed E-state index contributed by atoms with van der Waals surface area (Å²) in [7, 11) is 0. The summed E-state index contributed by atoms with van der Waals surface area (Å²) in [5.41, 5.74) is 5.63. The predicted molar refractivity (Wildman–Crippen MR) is 110 cm³/mol. The maximum Gasteiger partial charge on any atom is 0.257 e. The Bertz CT molecular complexity index is 1150. The molecule has 0 bridgehead atoms. The molecule has 0 saturated heterocycles. The molecule has 1 N–H and O–H groups in total. The molecule has 1 amide bonds. The van der Waals surface area contributed by atoms with E-state index in [2.05, 4.69) is 41.6 Å². The van der Waals surface area contributed by atoms with E-state index < -0.39 is 0 Å². The minimum absolute atomic E-state index is 0.136. The number of hydrogen-bond acceptors (Lipinski definition) is 2. The first-order valence-electron chi connectivity index (χ1n) is 9.24. The van der Waals surface area contributed by atoms with E-state index in [1.165, 1.54) is 21.5 Å². The van der Waals surface area contributed by atoms with Crippen LogP contribution < -0.4 is 0 Å². The molecule has 4 aromatic rings. The lowest BCUT2D eigenvalue weighted by Crippen LogP contribution is -2.36. The molecule has 0 atom stereocenters. The van der Waals surface area contributed by atoms with Gasteiger partial charge in [0.1, 0.15) is 5.00 Å². The molecule has 1 aromatic carbocycles. The third-order valence-corrected chi connectivity index (χ3v) is 6.81. The van der Waals surface area contributed by atoms with E-state index >= 15 is 0 Å². The van der Waals surface area contributed by atoms with Gasteiger partial charge in [0.2, 0.25) is 0 Å². The highest BCUT2D eigenvalue weighted by Crippen LogP contribution is 2.34. The molecule has 4 heterocycles. The van der Waals surface area contributed by atoms with Crippen molar-refractivity contribution in [2.75, 3.05) is 6.54 Å². The molecule has 0 saturated carbocycles. The molecule has 1 aliphatic heterocycles. The van der Waals surface area contributed by atoms with Gasteiger partial charge in [0.05, 0.1) is 5.56 Å². The SMILES string of the molecule is Cc1sc(-n2cccc2)c(C(=O)N2CCc3[nH]c4ccccc4c3C2)c1C. The van der Waals surface area contributed by atoms with Crippen molar-refractivity contribution in [2.24, 2.45) is 0 Å². The second-order valence-corrected chi connectivity index (χ2v) is 8.36. The predicted octanol–water partition coefficient (Wildman–Crippen LogP) is 4.84. The van der Waals surface area contributed by atoms with Crippen LogP contribution in [0, 0.1) is 13.8 Å². The maximum absolute atomic E-state index is 13.5. The molecule has 0 radical (unpaired) electrons. The molecule has 3 aromatic heterocycles. The zero-order valence-corrected chi connectivity index (χ0v) is 16.3. The largest absolute Gasteiger partial charge is 0.358 e. The molecule has 0 spiro atoms. The molecule has 1 aliphatic rings. The van der Waals surface area contributed by atoms with Gasteiger partial charge in [0, 0.05) is 58.9 Å². The van der Waals surface area contributed by atoms with Gasteiger partial charge in [-0.1, -0.05) is 18.2 Å². The number of aromatic amines is 1. The van der Waals surface area contributed by atoms with Gasteiger partial charge >= 0.3 is 0 Å². The second kappa shape index (κ2) is 6.13. The minimum Gasteiger partial charge on any atom is -0.358 e. The summed E-state index contributed by atoms with van der Waals surface area (Å²) in [5.74, 6) is 0.136. The Hall–Kier alpha value is -2.79.